The van der Waals surface area contributed by atoms with Gasteiger partial charge in [-0.05, 0) is 30.2 Å². The smallest absolute Gasteiger partial charge is 0.338 e. The van der Waals surface area contributed by atoms with Crippen LogP contribution in [-0.2, 0) is 25.7 Å². The molecule has 0 saturated carbocycles. The number of nitrogens with zero attached hydrogens (tertiary/aromatic N) is 2. The second-order valence-corrected chi connectivity index (χ2v) is 8.44. The lowest BCUT2D eigenvalue weighted by Gasteiger charge is -2.38. The Kier molecular flexibility index (Phi) is 6.41. The summed E-state index contributed by atoms with van der Waals surface area (Å²) in [5.41, 5.74) is 2.41. The SMILES string of the molecule is CC(=O)Oc1ccc(C2C(C(=O)OCc3ccccc3)=C(C)N=C3SCCC(=O)N32)cc1. The van der Waals surface area contributed by atoms with Crippen LogP contribution in [0, 0.1) is 0 Å². The fourth-order valence-corrected chi connectivity index (χ4v) is 4.66. The number of carbonyl (C=O) groups is 3. The largest absolute Gasteiger partial charge is 0.457 e. The predicted octanol–water partition coefficient (Wildman–Crippen LogP) is 4.01. The van der Waals surface area contributed by atoms with E-state index in [0.29, 0.717) is 39.9 Å². The molecule has 1 amide bonds. The van der Waals surface area contributed by atoms with Crippen LogP contribution >= 0.6 is 11.8 Å². The summed E-state index contributed by atoms with van der Waals surface area (Å²) in [5, 5.41) is 0.576. The number of amides is 1. The predicted molar refractivity (Wildman–Crippen MR) is 121 cm³/mol. The molecule has 0 aromatic heterocycles. The van der Waals surface area contributed by atoms with Crippen molar-refractivity contribution >= 4 is 34.8 Å². The highest BCUT2D eigenvalue weighted by atomic mass is 32.2. The molecule has 0 spiro atoms. The number of aliphatic imine (C=N–C) groups is 1. The number of allylic oxidation sites excluding steroid dienone is 1. The van der Waals surface area contributed by atoms with Gasteiger partial charge in [-0.1, -0.05) is 54.2 Å². The Morgan fingerprint density at radius 2 is 1.84 bits per heavy atom. The summed E-state index contributed by atoms with van der Waals surface area (Å²) in [5.74, 6) is -0.00977. The Morgan fingerprint density at radius 1 is 1.12 bits per heavy atom. The van der Waals surface area contributed by atoms with Crippen molar-refractivity contribution in [3.05, 3.63) is 77.0 Å². The summed E-state index contributed by atoms with van der Waals surface area (Å²) >= 11 is 1.49. The molecule has 1 saturated heterocycles. The van der Waals surface area contributed by atoms with E-state index in [1.807, 2.05) is 30.3 Å². The van der Waals surface area contributed by atoms with Crippen LogP contribution in [-0.4, -0.2) is 33.7 Å². The number of fused-ring (bicyclic) bond motifs is 1. The van der Waals surface area contributed by atoms with Crippen molar-refractivity contribution in [3.63, 3.8) is 0 Å². The van der Waals surface area contributed by atoms with E-state index in [4.69, 9.17) is 9.47 Å². The summed E-state index contributed by atoms with van der Waals surface area (Å²) in [7, 11) is 0. The lowest BCUT2D eigenvalue weighted by Crippen LogP contribution is -2.45. The van der Waals surface area contributed by atoms with E-state index in [0.717, 1.165) is 5.56 Å². The normalized spacial score (nSPS) is 18.1. The van der Waals surface area contributed by atoms with Crippen LogP contribution in [0.3, 0.4) is 0 Å². The number of thioether (sulfide) groups is 1. The molecule has 2 heterocycles. The van der Waals surface area contributed by atoms with Crippen LogP contribution < -0.4 is 4.74 Å². The van der Waals surface area contributed by atoms with Crippen LogP contribution in [0.1, 0.15) is 37.4 Å². The zero-order valence-electron chi connectivity index (χ0n) is 17.7. The minimum absolute atomic E-state index is 0.0996. The van der Waals surface area contributed by atoms with Gasteiger partial charge in [-0.25, -0.2) is 9.79 Å². The first kappa shape index (κ1) is 21.8. The maximum absolute atomic E-state index is 13.2. The molecule has 1 unspecified atom stereocenters. The van der Waals surface area contributed by atoms with Crippen molar-refractivity contribution in [3.8, 4) is 5.75 Å². The van der Waals surface area contributed by atoms with Gasteiger partial charge in [0.15, 0.2) is 5.17 Å². The monoisotopic (exact) mass is 450 g/mol. The third-order valence-electron chi connectivity index (χ3n) is 5.10. The first-order valence-corrected chi connectivity index (χ1v) is 11.2. The summed E-state index contributed by atoms with van der Waals surface area (Å²) < 4.78 is 10.7. The minimum Gasteiger partial charge on any atom is -0.457 e. The van der Waals surface area contributed by atoms with Gasteiger partial charge in [0, 0.05) is 19.1 Å². The maximum Gasteiger partial charge on any atom is 0.338 e. The van der Waals surface area contributed by atoms with Crippen LogP contribution in [0.4, 0.5) is 0 Å². The van der Waals surface area contributed by atoms with Gasteiger partial charge in [-0.15, -0.1) is 0 Å². The van der Waals surface area contributed by atoms with Gasteiger partial charge >= 0.3 is 11.9 Å². The fourth-order valence-electron chi connectivity index (χ4n) is 3.66. The number of ether oxygens (including phenoxy) is 2. The molecule has 0 radical (unpaired) electrons. The van der Waals surface area contributed by atoms with Crippen molar-refractivity contribution in [2.75, 3.05) is 5.75 Å². The fraction of sp³-hybridized carbons (Fsp3) is 0.250. The molecule has 1 fully saturated rings. The quantitative estimate of drug-likeness (QED) is 0.506. The molecule has 2 aromatic rings. The average Bonchev–Trinajstić information content (AvgIpc) is 2.77. The minimum atomic E-state index is -0.669. The Labute approximate surface area is 190 Å². The average molecular weight is 451 g/mol. The second kappa shape index (κ2) is 9.40. The highest BCUT2D eigenvalue weighted by Crippen LogP contribution is 2.40. The number of amidine groups is 1. The van der Waals surface area contributed by atoms with Crippen LogP contribution in [0.2, 0.25) is 0 Å². The Bertz CT molecular complexity index is 1110. The molecule has 8 heteroatoms. The lowest BCUT2D eigenvalue weighted by atomic mass is 9.94. The van der Waals surface area contributed by atoms with Gasteiger partial charge in [0.1, 0.15) is 12.4 Å². The van der Waals surface area contributed by atoms with Crippen LogP contribution in [0.15, 0.2) is 70.9 Å². The van der Waals surface area contributed by atoms with Gasteiger partial charge in [-0.3, -0.25) is 14.5 Å². The first-order chi connectivity index (χ1) is 15.4. The summed E-state index contributed by atoms with van der Waals surface area (Å²) in [6, 6.07) is 15.5. The molecule has 0 bridgehead atoms. The molecular weight excluding hydrogens is 428 g/mol. The maximum atomic E-state index is 13.2. The highest BCUT2D eigenvalue weighted by Gasteiger charge is 2.41. The Morgan fingerprint density at radius 3 is 2.53 bits per heavy atom. The van der Waals surface area contributed by atoms with Gasteiger partial charge in [0.05, 0.1) is 17.3 Å². The molecule has 2 aliphatic heterocycles. The molecule has 2 aliphatic rings. The summed E-state index contributed by atoms with van der Waals surface area (Å²) in [6.45, 7) is 3.20. The third kappa shape index (κ3) is 4.60. The molecule has 4 rings (SSSR count). The molecule has 7 nitrogen and oxygen atoms in total. The van der Waals surface area contributed by atoms with Crippen molar-refractivity contribution in [1.29, 1.82) is 0 Å². The van der Waals surface area contributed by atoms with Gasteiger partial charge in [0.25, 0.3) is 0 Å². The zero-order valence-corrected chi connectivity index (χ0v) is 18.6. The molecular formula is C24H22N2O5S. The van der Waals surface area contributed by atoms with Crippen molar-refractivity contribution in [2.45, 2.75) is 32.9 Å². The van der Waals surface area contributed by atoms with Gasteiger partial charge in [-0.2, -0.15) is 0 Å². The van der Waals surface area contributed by atoms with Crippen molar-refractivity contribution in [2.24, 2.45) is 4.99 Å². The zero-order chi connectivity index (χ0) is 22.7. The lowest BCUT2D eigenvalue weighted by molar-refractivity contribution is -0.141. The molecule has 0 N–H and O–H groups in total. The third-order valence-corrected chi connectivity index (χ3v) is 6.05. The number of benzene rings is 2. The molecule has 1 atom stereocenters. The second-order valence-electron chi connectivity index (χ2n) is 7.38. The number of hydrogen-bond donors (Lipinski definition) is 0. The molecule has 164 valence electrons. The van der Waals surface area contributed by atoms with Gasteiger partial charge < -0.3 is 9.47 Å². The standard InChI is InChI=1S/C24H22N2O5S/c1-15-21(23(29)30-14-17-6-4-3-5-7-17)22(26-20(28)12-13-32-24(26)25-15)18-8-10-19(11-9-18)31-16(2)27/h3-11,22H,12-14H2,1-2H3. The van der Waals surface area contributed by atoms with E-state index < -0.39 is 18.0 Å². The van der Waals surface area contributed by atoms with Crippen molar-refractivity contribution < 1.29 is 23.9 Å². The number of hydrogen-bond acceptors (Lipinski definition) is 7. The highest BCUT2D eigenvalue weighted by molar-refractivity contribution is 8.14. The van der Waals surface area contributed by atoms with E-state index in [9.17, 15) is 14.4 Å². The van der Waals surface area contributed by atoms with Crippen LogP contribution in [0.25, 0.3) is 0 Å². The van der Waals surface area contributed by atoms with E-state index in [1.54, 1.807) is 36.1 Å². The molecule has 2 aromatic carbocycles. The first-order valence-electron chi connectivity index (χ1n) is 10.2. The Hall–Kier alpha value is -3.39. The molecule has 32 heavy (non-hydrogen) atoms. The summed E-state index contributed by atoms with van der Waals surface area (Å²) in [6.07, 6.45) is 0.358. The van der Waals surface area contributed by atoms with Gasteiger partial charge in [0.2, 0.25) is 5.91 Å². The Balaban J connectivity index is 1.69. The van der Waals surface area contributed by atoms with E-state index >= 15 is 0 Å². The topological polar surface area (TPSA) is 85.3 Å². The molecule has 0 aliphatic carbocycles. The number of esters is 2. The van der Waals surface area contributed by atoms with E-state index in [2.05, 4.69) is 4.99 Å². The van der Waals surface area contributed by atoms with E-state index in [1.165, 1.54) is 18.7 Å². The van der Waals surface area contributed by atoms with Crippen molar-refractivity contribution in [1.82, 2.24) is 4.90 Å². The summed E-state index contributed by atoms with van der Waals surface area (Å²) in [4.78, 5) is 43.4. The van der Waals surface area contributed by atoms with Crippen LogP contribution in [0.5, 0.6) is 5.75 Å². The number of rotatable bonds is 5. The number of carbonyl (C=O) groups excluding carboxylic acids is 3. The van der Waals surface area contributed by atoms with E-state index in [-0.39, 0.29) is 12.5 Å².